The summed E-state index contributed by atoms with van der Waals surface area (Å²) in [5, 5.41) is 9.93. The molecule has 0 spiro atoms. The molecule has 2 aliphatic rings. The third kappa shape index (κ3) is 5.24. The largest absolute Gasteiger partial charge is 0.394 e. The average molecular weight is 359 g/mol. The van der Waals surface area contributed by atoms with Crippen molar-refractivity contribution in [1.82, 2.24) is 20.9 Å². The smallest absolute Gasteiger partial charge is 0.270 e. The van der Waals surface area contributed by atoms with E-state index in [0.717, 1.165) is 56.6 Å². The molecule has 0 bridgehead atoms. The molecule has 144 valence electrons. The standard InChI is InChI=1S/C21H34N4O/c1-5-16-11-20(24-14-16)21(26)25(7-3)19-10-8-9-18(12-19)23-15-17(6-2)13-22-4/h5-6,11,13,18-19,22-24H,2,7-10,12,14-15H2,1,3-4H3/b16-5-,17-13+/t18-,19+/m1/s1. The molecule has 1 amide bonds. The van der Waals surface area contributed by atoms with Gasteiger partial charge in [0.15, 0.2) is 0 Å². The van der Waals surface area contributed by atoms with E-state index in [-0.39, 0.29) is 5.91 Å². The van der Waals surface area contributed by atoms with Crippen LogP contribution in [0, 0.1) is 0 Å². The third-order valence-electron chi connectivity index (χ3n) is 5.29. The normalized spacial score (nSPS) is 24.8. The van der Waals surface area contributed by atoms with Crippen LogP contribution >= 0.6 is 0 Å². The molecule has 5 nitrogen and oxygen atoms in total. The Hall–Kier alpha value is -2.01. The van der Waals surface area contributed by atoms with Crippen molar-refractivity contribution in [2.75, 3.05) is 26.7 Å². The van der Waals surface area contributed by atoms with Gasteiger partial charge in [0.25, 0.3) is 5.91 Å². The highest BCUT2D eigenvalue weighted by atomic mass is 16.2. The minimum atomic E-state index is 0.136. The Morgan fingerprint density at radius 2 is 2.27 bits per heavy atom. The van der Waals surface area contributed by atoms with Crippen molar-refractivity contribution in [3.05, 3.63) is 47.9 Å². The Morgan fingerprint density at radius 3 is 2.88 bits per heavy atom. The second-order valence-corrected chi connectivity index (χ2v) is 6.98. The summed E-state index contributed by atoms with van der Waals surface area (Å²) in [7, 11) is 1.90. The zero-order valence-corrected chi connectivity index (χ0v) is 16.5. The van der Waals surface area contributed by atoms with Crippen LogP contribution in [0.4, 0.5) is 0 Å². The van der Waals surface area contributed by atoms with E-state index in [1.165, 1.54) is 5.57 Å². The molecule has 0 aromatic carbocycles. The Kier molecular flexibility index (Phi) is 7.98. The maximum absolute atomic E-state index is 13.0. The van der Waals surface area contributed by atoms with E-state index < -0.39 is 0 Å². The minimum absolute atomic E-state index is 0.136. The number of allylic oxidation sites excluding steroid dienone is 1. The molecule has 0 aromatic heterocycles. The second kappa shape index (κ2) is 10.2. The maximum atomic E-state index is 13.0. The Labute approximate surface area is 158 Å². The van der Waals surface area contributed by atoms with E-state index in [0.29, 0.717) is 12.1 Å². The summed E-state index contributed by atoms with van der Waals surface area (Å²) < 4.78 is 0. The van der Waals surface area contributed by atoms with Gasteiger partial charge in [-0.3, -0.25) is 4.79 Å². The molecule has 2 rings (SSSR count). The van der Waals surface area contributed by atoms with Gasteiger partial charge in [-0.25, -0.2) is 0 Å². The molecule has 0 aromatic rings. The van der Waals surface area contributed by atoms with Gasteiger partial charge in [-0.05, 0) is 56.8 Å². The lowest BCUT2D eigenvalue weighted by molar-refractivity contribution is -0.130. The molecule has 3 N–H and O–H groups in total. The molecular weight excluding hydrogens is 324 g/mol. The fraction of sp³-hybridized carbons (Fsp3) is 0.571. The Balaban J connectivity index is 1.96. The first kappa shape index (κ1) is 20.3. The maximum Gasteiger partial charge on any atom is 0.270 e. The summed E-state index contributed by atoms with van der Waals surface area (Å²) in [5.74, 6) is 0.136. The summed E-state index contributed by atoms with van der Waals surface area (Å²) in [5.41, 5.74) is 3.07. The molecule has 1 saturated carbocycles. The highest BCUT2D eigenvalue weighted by Gasteiger charge is 2.31. The zero-order chi connectivity index (χ0) is 18.9. The van der Waals surface area contributed by atoms with Gasteiger partial charge in [0, 0.05) is 45.0 Å². The number of carbonyl (C=O) groups is 1. The van der Waals surface area contributed by atoms with Crippen molar-refractivity contribution in [3.8, 4) is 0 Å². The first-order valence-electron chi connectivity index (χ1n) is 9.76. The number of likely N-dealkylation sites (N-methyl/N-ethyl adjacent to an activating group) is 1. The van der Waals surface area contributed by atoms with Crippen LogP contribution in [0.1, 0.15) is 39.5 Å². The lowest BCUT2D eigenvalue weighted by atomic mass is 9.89. The van der Waals surface area contributed by atoms with Gasteiger partial charge >= 0.3 is 0 Å². The molecule has 5 heteroatoms. The number of nitrogens with zero attached hydrogens (tertiary/aromatic N) is 1. The first-order valence-corrected chi connectivity index (χ1v) is 9.76. The molecule has 1 fully saturated rings. The van der Waals surface area contributed by atoms with Crippen molar-refractivity contribution in [2.45, 2.75) is 51.6 Å². The van der Waals surface area contributed by atoms with E-state index in [2.05, 4.69) is 35.5 Å². The van der Waals surface area contributed by atoms with Crippen molar-refractivity contribution in [2.24, 2.45) is 0 Å². The lowest BCUT2D eigenvalue weighted by Gasteiger charge is -2.37. The summed E-state index contributed by atoms with van der Waals surface area (Å²) >= 11 is 0. The van der Waals surface area contributed by atoms with Crippen LogP contribution in [0.5, 0.6) is 0 Å². The lowest BCUT2D eigenvalue weighted by Crippen LogP contribution is -2.48. The van der Waals surface area contributed by atoms with Gasteiger partial charge in [-0.2, -0.15) is 0 Å². The van der Waals surface area contributed by atoms with Crippen LogP contribution in [0.15, 0.2) is 47.9 Å². The van der Waals surface area contributed by atoms with Crippen molar-refractivity contribution in [1.29, 1.82) is 0 Å². The van der Waals surface area contributed by atoms with Crippen LogP contribution in [0.2, 0.25) is 0 Å². The molecule has 0 radical (unpaired) electrons. The minimum Gasteiger partial charge on any atom is -0.394 e. The van der Waals surface area contributed by atoms with Gasteiger partial charge in [-0.15, -0.1) is 0 Å². The summed E-state index contributed by atoms with van der Waals surface area (Å²) in [6, 6.07) is 0.740. The van der Waals surface area contributed by atoms with Crippen LogP contribution in [0.3, 0.4) is 0 Å². The summed E-state index contributed by atoms with van der Waals surface area (Å²) in [4.78, 5) is 15.0. The number of rotatable bonds is 8. The van der Waals surface area contributed by atoms with Gasteiger partial charge in [0.05, 0.1) is 0 Å². The molecule has 1 aliphatic carbocycles. The van der Waals surface area contributed by atoms with Crippen LogP contribution in [-0.2, 0) is 4.79 Å². The fourth-order valence-corrected chi connectivity index (χ4v) is 3.79. The molecule has 0 saturated heterocycles. The topological polar surface area (TPSA) is 56.4 Å². The van der Waals surface area contributed by atoms with Crippen LogP contribution < -0.4 is 16.0 Å². The van der Waals surface area contributed by atoms with Crippen LogP contribution in [-0.4, -0.2) is 49.6 Å². The quantitative estimate of drug-likeness (QED) is 0.584. The molecule has 1 heterocycles. The SMILES string of the molecule is C=C/C(=C\NC)CN[C@@H]1CCC[C@H](N(CC)C(=O)C2=C/C(=C/C)CN2)C1. The summed E-state index contributed by atoms with van der Waals surface area (Å²) in [6.07, 6.45) is 12.3. The first-order chi connectivity index (χ1) is 12.6. The van der Waals surface area contributed by atoms with E-state index >= 15 is 0 Å². The molecule has 26 heavy (non-hydrogen) atoms. The van der Waals surface area contributed by atoms with Crippen LogP contribution in [0.25, 0.3) is 0 Å². The third-order valence-corrected chi connectivity index (χ3v) is 5.29. The van der Waals surface area contributed by atoms with Gasteiger partial charge in [0.2, 0.25) is 0 Å². The molecule has 0 unspecified atom stereocenters. The monoisotopic (exact) mass is 358 g/mol. The number of nitrogens with one attached hydrogen (secondary N) is 3. The predicted molar refractivity (Wildman–Crippen MR) is 109 cm³/mol. The van der Waals surface area contributed by atoms with Gasteiger partial charge in [-0.1, -0.05) is 18.7 Å². The second-order valence-electron chi connectivity index (χ2n) is 6.98. The van der Waals surface area contributed by atoms with Crippen molar-refractivity contribution < 1.29 is 4.79 Å². The van der Waals surface area contributed by atoms with E-state index in [1.54, 1.807) is 0 Å². The van der Waals surface area contributed by atoms with Crippen molar-refractivity contribution in [3.63, 3.8) is 0 Å². The molecular formula is C21H34N4O. The Morgan fingerprint density at radius 1 is 1.46 bits per heavy atom. The van der Waals surface area contributed by atoms with E-state index in [4.69, 9.17) is 0 Å². The fourth-order valence-electron chi connectivity index (χ4n) is 3.79. The Bertz CT molecular complexity index is 591. The zero-order valence-electron chi connectivity index (χ0n) is 16.5. The predicted octanol–water partition coefficient (Wildman–Crippen LogP) is 2.46. The van der Waals surface area contributed by atoms with E-state index in [1.807, 2.05) is 37.2 Å². The van der Waals surface area contributed by atoms with Crippen molar-refractivity contribution >= 4 is 5.91 Å². The number of carbonyl (C=O) groups excluding carboxylic acids is 1. The van der Waals surface area contributed by atoms with Gasteiger partial charge in [0.1, 0.15) is 5.70 Å². The number of hydrogen-bond acceptors (Lipinski definition) is 4. The average Bonchev–Trinajstić information content (AvgIpc) is 3.15. The summed E-state index contributed by atoms with van der Waals surface area (Å²) in [6.45, 7) is 10.3. The molecule has 1 aliphatic heterocycles. The number of hydrogen-bond donors (Lipinski definition) is 3. The van der Waals surface area contributed by atoms with E-state index in [9.17, 15) is 4.79 Å². The molecule has 2 atom stereocenters. The highest BCUT2D eigenvalue weighted by Crippen LogP contribution is 2.25. The highest BCUT2D eigenvalue weighted by molar-refractivity contribution is 5.94. The van der Waals surface area contributed by atoms with Gasteiger partial charge < -0.3 is 20.9 Å². The number of amides is 1.